The molecule has 2 aromatic carbocycles. The van der Waals surface area contributed by atoms with Gasteiger partial charge >= 0.3 is 0 Å². The van der Waals surface area contributed by atoms with Gasteiger partial charge in [0.25, 0.3) is 15.9 Å². The van der Waals surface area contributed by atoms with Crippen LogP contribution in [0.5, 0.6) is 0 Å². The third kappa shape index (κ3) is 3.46. The first kappa shape index (κ1) is 17.7. The van der Waals surface area contributed by atoms with Gasteiger partial charge in [-0.05, 0) is 36.4 Å². The average Bonchev–Trinajstić information content (AvgIpc) is 2.60. The lowest BCUT2D eigenvalue weighted by Gasteiger charge is -2.19. The van der Waals surface area contributed by atoms with E-state index >= 15 is 0 Å². The van der Waals surface area contributed by atoms with Gasteiger partial charge in [0.2, 0.25) is 5.91 Å². The van der Waals surface area contributed by atoms with E-state index in [4.69, 9.17) is 0 Å². The smallest absolute Gasteiger partial charge is 0.267 e. The summed E-state index contributed by atoms with van der Waals surface area (Å²) in [6.45, 7) is 1.41. The fourth-order valence-electron chi connectivity index (χ4n) is 2.05. The van der Waals surface area contributed by atoms with Crippen LogP contribution in [0.2, 0.25) is 0 Å². The Morgan fingerprint density at radius 2 is 1.42 bits per heavy atom. The minimum Gasteiger partial charge on any atom is -0.316 e. The van der Waals surface area contributed by atoms with Gasteiger partial charge in [-0.25, -0.2) is 12.7 Å². The Morgan fingerprint density at radius 3 is 1.92 bits per heavy atom. The van der Waals surface area contributed by atoms with Crippen molar-refractivity contribution in [1.29, 1.82) is 0 Å². The molecule has 2 rings (SSSR count). The third-order valence-electron chi connectivity index (χ3n) is 3.66. The van der Waals surface area contributed by atoms with Crippen LogP contribution in [-0.4, -0.2) is 38.6 Å². The highest BCUT2D eigenvalue weighted by molar-refractivity contribution is 7.89. The van der Waals surface area contributed by atoms with Gasteiger partial charge in [-0.1, -0.05) is 18.2 Å². The fraction of sp³-hybridized carbons (Fsp3) is 0.176. The number of amides is 2. The van der Waals surface area contributed by atoms with E-state index in [2.05, 4.69) is 0 Å². The second-order valence-electron chi connectivity index (χ2n) is 5.22. The van der Waals surface area contributed by atoms with E-state index in [1.165, 1.54) is 43.1 Å². The van der Waals surface area contributed by atoms with E-state index in [-0.39, 0.29) is 16.4 Å². The van der Waals surface area contributed by atoms with Crippen molar-refractivity contribution in [2.24, 2.45) is 0 Å². The van der Waals surface area contributed by atoms with Gasteiger partial charge in [-0.15, -0.1) is 0 Å². The molecule has 2 amide bonds. The molecule has 0 N–H and O–H groups in total. The van der Waals surface area contributed by atoms with Crippen LogP contribution < -0.4 is 4.90 Å². The predicted molar refractivity (Wildman–Crippen MR) is 91.2 cm³/mol. The third-order valence-corrected chi connectivity index (χ3v) is 5.42. The maximum absolute atomic E-state index is 12.6. The predicted octanol–water partition coefficient (Wildman–Crippen LogP) is 2.13. The zero-order valence-corrected chi connectivity index (χ0v) is 14.4. The van der Waals surface area contributed by atoms with Crippen molar-refractivity contribution in [1.82, 2.24) is 4.31 Å². The molecule has 126 valence electrons. The Morgan fingerprint density at radius 1 is 0.875 bits per heavy atom. The molecule has 0 fully saturated rings. The lowest BCUT2D eigenvalue weighted by Crippen LogP contribution is -2.33. The van der Waals surface area contributed by atoms with Gasteiger partial charge in [-0.2, -0.15) is 0 Å². The van der Waals surface area contributed by atoms with Crippen LogP contribution in [0.25, 0.3) is 0 Å². The summed E-state index contributed by atoms with van der Waals surface area (Å²) in [5, 5.41) is 0. The van der Waals surface area contributed by atoms with Crippen molar-refractivity contribution in [3.63, 3.8) is 0 Å². The molecule has 0 aromatic heterocycles. The molecule has 0 heterocycles. The number of hydrogen-bond donors (Lipinski definition) is 0. The Balaban J connectivity index is 2.30. The molecule has 0 aliphatic carbocycles. The van der Waals surface area contributed by atoms with Crippen LogP contribution in [0.1, 0.15) is 17.3 Å². The largest absolute Gasteiger partial charge is 0.316 e. The van der Waals surface area contributed by atoms with Crippen LogP contribution in [-0.2, 0) is 14.8 Å². The van der Waals surface area contributed by atoms with Gasteiger partial charge < -0.3 is 4.90 Å². The molecule has 24 heavy (non-hydrogen) atoms. The first-order valence-corrected chi connectivity index (χ1v) is 8.62. The summed E-state index contributed by atoms with van der Waals surface area (Å²) in [5.74, 6) is -0.775. The van der Waals surface area contributed by atoms with Crippen molar-refractivity contribution in [3.05, 3.63) is 60.2 Å². The molecule has 0 saturated heterocycles. The van der Waals surface area contributed by atoms with Gasteiger partial charge in [0.15, 0.2) is 0 Å². The van der Waals surface area contributed by atoms with Crippen LogP contribution in [0.4, 0.5) is 5.69 Å². The van der Waals surface area contributed by atoms with E-state index in [1.54, 1.807) is 37.4 Å². The standard InChI is InChI=1S/C17H18N2O4S/c1-13(20)18(2)15-9-11-16(12-10-15)24(22,23)19(3)17(21)14-7-5-4-6-8-14/h4-12H,1-3H3. The minimum atomic E-state index is -3.97. The molecule has 0 saturated carbocycles. The molecule has 0 unspecified atom stereocenters. The van der Waals surface area contributed by atoms with Gasteiger partial charge in [0.1, 0.15) is 0 Å². The highest BCUT2D eigenvalue weighted by atomic mass is 32.2. The number of hydrogen-bond acceptors (Lipinski definition) is 4. The van der Waals surface area contributed by atoms with Crippen molar-refractivity contribution < 1.29 is 18.0 Å². The Hall–Kier alpha value is -2.67. The molecular weight excluding hydrogens is 328 g/mol. The van der Waals surface area contributed by atoms with Gasteiger partial charge in [0.05, 0.1) is 4.90 Å². The van der Waals surface area contributed by atoms with Gasteiger partial charge in [0, 0.05) is 32.3 Å². The Kier molecular flexibility index (Phi) is 5.04. The zero-order chi connectivity index (χ0) is 17.9. The zero-order valence-electron chi connectivity index (χ0n) is 13.6. The molecule has 0 radical (unpaired) electrons. The lowest BCUT2D eigenvalue weighted by molar-refractivity contribution is -0.116. The maximum atomic E-state index is 12.6. The number of rotatable bonds is 4. The number of carbonyl (C=O) groups excluding carboxylic acids is 2. The van der Waals surface area contributed by atoms with Crippen LogP contribution in [0.15, 0.2) is 59.5 Å². The van der Waals surface area contributed by atoms with Crippen LogP contribution in [0.3, 0.4) is 0 Å². The number of nitrogens with zero attached hydrogens (tertiary/aromatic N) is 2. The van der Waals surface area contributed by atoms with Crippen molar-refractivity contribution >= 4 is 27.5 Å². The van der Waals surface area contributed by atoms with E-state index in [1.807, 2.05) is 0 Å². The first-order chi connectivity index (χ1) is 11.2. The Labute approximate surface area is 141 Å². The second-order valence-corrected chi connectivity index (χ2v) is 7.18. The summed E-state index contributed by atoms with van der Waals surface area (Å²) in [7, 11) is -1.15. The number of sulfonamides is 1. The van der Waals surface area contributed by atoms with E-state index in [0.29, 0.717) is 9.99 Å². The second kappa shape index (κ2) is 6.84. The lowest BCUT2D eigenvalue weighted by atomic mass is 10.2. The molecule has 6 nitrogen and oxygen atoms in total. The number of anilines is 1. The number of carbonyl (C=O) groups is 2. The summed E-state index contributed by atoms with van der Waals surface area (Å²) in [5.41, 5.74) is 0.856. The molecular formula is C17H18N2O4S. The topological polar surface area (TPSA) is 74.8 Å². The molecule has 0 spiro atoms. The fourth-order valence-corrected chi connectivity index (χ4v) is 3.17. The highest BCUT2D eigenvalue weighted by Gasteiger charge is 2.26. The minimum absolute atomic E-state index is 0.0185. The maximum Gasteiger partial charge on any atom is 0.267 e. The average molecular weight is 346 g/mol. The van der Waals surface area contributed by atoms with E-state index in [9.17, 15) is 18.0 Å². The molecule has 0 atom stereocenters. The van der Waals surface area contributed by atoms with Crippen molar-refractivity contribution in [3.8, 4) is 0 Å². The van der Waals surface area contributed by atoms with E-state index in [0.717, 1.165) is 0 Å². The summed E-state index contributed by atoms with van der Waals surface area (Å²) >= 11 is 0. The van der Waals surface area contributed by atoms with Gasteiger partial charge in [-0.3, -0.25) is 9.59 Å². The SMILES string of the molecule is CC(=O)N(C)c1ccc(S(=O)(=O)N(C)C(=O)c2ccccc2)cc1. The molecule has 2 aromatic rings. The summed E-state index contributed by atoms with van der Waals surface area (Å²) in [6, 6.07) is 14.0. The van der Waals surface area contributed by atoms with Crippen molar-refractivity contribution in [2.45, 2.75) is 11.8 Å². The quantitative estimate of drug-likeness (QED) is 0.850. The van der Waals surface area contributed by atoms with Crippen LogP contribution in [0, 0.1) is 0 Å². The molecule has 0 aliphatic rings. The molecule has 0 aliphatic heterocycles. The van der Waals surface area contributed by atoms with E-state index < -0.39 is 15.9 Å². The normalized spacial score (nSPS) is 11.0. The first-order valence-electron chi connectivity index (χ1n) is 7.18. The Bertz CT molecular complexity index is 846. The summed E-state index contributed by atoms with van der Waals surface area (Å²) in [6.07, 6.45) is 0. The number of benzene rings is 2. The summed E-state index contributed by atoms with van der Waals surface area (Å²) in [4.78, 5) is 25.0. The van der Waals surface area contributed by atoms with Crippen molar-refractivity contribution in [2.75, 3.05) is 19.0 Å². The highest BCUT2D eigenvalue weighted by Crippen LogP contribution is 2.21. The monoisotopic (exact) mass is 346 g/mol. The molecule has 7 heteroatoms. The van der Waals surface area contributed by atoms with Crippen LogP contribution >= 0.6 is 0 Å². The molecule has 0 bridgehead atoms. The summed E-state index contributed by atoms with van der Waals surface area (Å²) < 4.78 is 25.9.